The smallest absolute Gasteiger partial charge is 0.333 e. The Bertz CT molecular complexity index is 1560. The average molecular weight is 512 g/mol. The minimum Gasteiger partial charge on any atom is -0.486 e. The van der Waals surface area contributed by atoms with Crippen molar-refractivity contribution in [3.8, 4) is 11.1 Å². The highest BCUT2D eigenvalue weighted by molar-refractivity contribution is 5.95. The van der Waals surface area contributed by atoms with Gasteiger partial charge in [-0.25, -0.2) is 9.69 Å². The normalized spacial score (nSPS) is 11.2. The van der Waals surface area contributed by atoms with Crippen LogP contribution in [0.25, 0.3) is 33.0 Å². The molecule has 4 rings (SSSR count). The van der Waals surface area contributed by atoms with Crippen molar-refractivity contribution in [1.82, 2.24) is 0 Å². The van der Waals surface area contributed by atoms with Gasteiger partial charge in [-0.05, 0) is 70.8 Å². The number of carboxylic acid groups (broad SMARTS) is 2. The fourth-order valence-electron chi connectivity index (χ4n) is 3.92. The fraction of sp³-hybridized carbons (Fsp3) is 0. The monoisotopic (exact) mass is 511 g/mol. The summed E-state index contributed by atoms with van der Waals surface area (Å²) in [6, 6.07) is 32.3. The summed E-state index contributed by atoms with van der Waals surface area (Å²) in [5.41, 5.74) is 4.98. The van der Waals surface area contributed by atoms with E-state index in [0.717, 1.165) is 28.2 Å². The van der Waals surface area contributed by atoms with Crippen LogP contribution < -0.4 is 4.90 Å². The van der Waals surface area contributed by atoms with Gasteiger partial charge in [0.25, 0.3) is 11.4 Å². The topological polar surface area (TPSA) is 86.6 Å². The predicted octanol–water partition coefficient (Wildman–Crippen LogP) is 7.51. The zero-order valence-electron chi connectivity index (χ0n) is 20.5. The largest absolute Gasteiger partial charge is 0.486 e. The van der Waals surface area contributed by atoms with Crippen molar-refractivity contribution in [1.29, 1.82) is 0 Å². The van der Waals surface area contributed by atoms with Crippen molar-refractivity contribution in [2.45, 2.75) is 0 Å². The maximum Gasteiger partial charge on any atom is 0.333 e. The van der Waals surface area contributed by atoms with Gasteiger partial charge in [-0.3, -0.25) is 9.59 Å². The summed E-state index contributed by atoms with van der Waals surface area (Å²) in [4.78, 5) is 30.5. The first-order valence-electron chi connectivity index (χ1n) is 11.7. The Labute approximate surface area is 225 Å². The zero-order chi connectivity index (χ0) is 27.8. The number of benzene rings is 4. The first-order chi connectivity index (χ1) is 18.9. The number of aliphatic carboxylic acids is 2. The van der Waals surface area contributed by atoms with Crippen LogP contribution in [0, 0.1) is 13.1 Å². The van der Waals surface area contributed by atoms with Crippen molar-refractivity contribution < 1.29 is 19.8 Å². The number of carbonyl (C=O) groups is 2. The van der Waals surface area contributed by atoms with Crippen molar-refractivity contribution >= 4 is 41.2 Å². The van der Waals surface area contributed by atoms with E-state index in [-0.39, 0.29) is 11.4 Å². The Kier molecular flexibility index (Phi) is 7.96. The molecule has 0 heterocycles. The van der Waals surface area contributed by atoms with Crippen LogP contribution in [0.3, 0.4) is 0 Å². The van der Waals surface area contributed by atoms with Gasteiger partial charge in [-0.1, -0.05) is 66.7 Å². The van der Waals surface area contributed by atoms with Crippen LogP contribution in [-0.4, -0.2) is 22.2 Å². The Hall–Kier alpha value is -5.92. The van der Waals surface area contributed by atoms with Crippen LogP contribution >= 0.6 is 0 Å². The molecule has 188 valence electrons. The lowest BCUT2D eigenvalue weighted by molar-refractivity contribution is -0.133. The molecule has 2 N–H and O–H groups in total. The summed E-state index contributed by atoms with van der Waals surface area (Å²) in [6.45, 7) is 14.1. The Morgan fingerprint density at radius 2 is 0.923 bits per heavy atom. The molecule has 7 nitrogen and oxygen atoms in total. The van der Waals surface area contributed by atoms with E-state index < -0.39 is 11.9 Å². The van der Waals surface area contributed by atoms with Crippen LogP contribution in [0.1, 0.15) is 11.1 Å². The molecular weight excluding hydrogens is 490 g/mol. The summed E-state index contributed by atoms with van der Waals surface area (Å²) in [5.74, 6) is -2.57. The van der Waals surface area contributed by atoms with Gasteiger partial charge in [0, 0.05) is 17.1 Å². The minimum absolute atomic E-state index is 0.375. The quantitative estimate of drug-likeness (QED) is 0.189. The summed E-state index contributed by atoms with van der Waals surface area (Å²) >= 11 is 0. The van der Waals surface area contributed by atoms with E-state index in [1.807, 2.05) is 83.8 Å². The summed E-state index contributed by atoms with van der Waals surface area (Å²) in [5, 5.41) is 18.3. The van der Waals surface area contributed by atoms with Crippen LogP contribution in [-0.2, 0) is 9.59 Å². The molecule has 0 aliphatic heterocycles. The molecule has 0 aliphatic carbocycles. The lowest BCUT2D eigenvalue weighted by Crippen LogP contribution is -2.10. The number of hydrogen-bond acceptors (Lipinski definition) is 3. The summed E-state index contributed by atoms with van der Waals surface area (Å²) in [7, 11) is 0. The molecule has 4 aromatic rings. The highest BCUT2D eigenvalue weighted by atomic mass is 16.4. The van der Waals surface area contributed by atoms with Gasteiger partial charge in [0.2, 0.25) is 0 Å². The first kappa shape index (κ1) is 26.2. The van der Waals surface area contributed by atoms with Crippen LogP contribution in [0.15, 0.2) is 115 Å². The van der Waals surface area contributed by atoms with E-state index in [1.54, 1.807) is 24.3 Å². The number of carboxylic acids is 2. The Morgan fingerprint density at radius 3 is 1.28 bits per heavy atom. The molecule has 0 atom stereocenters. The summed E-state index contributed by atoms with van der Waals surface area (Å²) in [6.07, 6.45) is 2.63. The molecular formula is C32H21N3O4. The molecule has 0 bridgehead atoms. The lowest BCUT2D eigenvalue weighted by atomic mass is 10.0. The maximum atomic E-state index is 11.2. The molecule has 0 fully saturated rings. The van der Waals surface area contributed by atoms with Gasteiger partial charge in [-0.15, -0.1) is 0 Å². The molecule has 0 spiro atoms. The third-order valence-electron chi connectivity index (χ3n) is 5.82. The molecule has 0 aliphatic rings. The molecule has 39 heavy (non-hydrogen) atoms. The molecule has 0 saturated carbocycles. The lowest BCUT2D eigenvalue weighted by Gasteiger charge is -2.26. The standard InChI is InChI=1S/C32H21N3O4/c1-33-29(31(36)37)20-22-8-14-26(15-9-22)35(27-16-10-23(11-17-27)21-30(34-2)32(38)39)28-18-12-25(13-19-28)24-6-4-3-5-7-24/h3-21H,(H,36,37)(H,38,39). The van der Waals surface area contributed by atoms with Gasteiger partial charge < -0.3 is 15.1 Å². The van der Waals surface area contributed by atoms with Gasteiger partial charge in [0.1, 0.15) is 0 Å². The fourth-order valence-corrected chi connectivity index (χ4v) is 3.92. The van der Waals surface area contributed by atoms with Crippen molar-refractivity contribution in [3.05, 3.63) is 148 Å². The van der Waals surface area contributed by atoms with Crippen LogP contribution in [0.5, 0.6) is 0 Å². The van der Waals surface area contributed by atoms with Crippen LogP contribution in [0.2, 0.25) is 0 Å². The van der Waals surface area contributed by atoms with E-state index in [0.29, 0.717) is 11.1 Å². The van der Waals surface area contributed by atoms with Crippen LogP contribution in [0.4, 0.5) is 17.1 Å². The van der Waals surface area contributed by atoms with E-state index in [9.17, 15) is 9.59 Å². The maximum absolute atomic E-state index is 11.2. The molecule has 0 radical (unpaired) electrons. The second-order valence-electron chi connectivity index (χ2n) is 8.32. The second kappa shape index (κ2) is 11.9. The predicted molar refractivity (Wildman–Crippen MR) is 151 cm³/mol. The number of anilines is 3. The number of rotatable bonds is 8. The molecule has 0 saturated heterocycles. The molecule has 0 amide bonds. The average Bonchev–Trinajstić information content (AvgIpc) is 2.96. The van der Waals surface area contributed by atoms with E-state index >= 15 is 0 Å². The van der Waals surface area contributed by atoms with Gasteiger partial charge >= 0.3 is 11.9 Å². The van der Waals surface area contributed by atoms with Crippen molar-refractivity contribution in [2.24, 2.45) is 0 Å². The Balaban J connectivity index is 1.75. The Morgan fingerprint density at radius 1 is 0.564 bits per heavy atom. The van der Waals surface area contributed by atoms with E-state index in [1.165, 1.54) is 12.2 Å². The number of nitrogens with zero attached hydrogens (tertiary/aromatic N) is 3. The van der Waals surface area contributed by atoms with Gasteiger partial charge in [0.05, 0.1) is 13.1 Å². The first-order valence-corrected chi connectivity index (χ1v) is 11.7. The molecule has 4 aromatic carbocycles. The summed E-state index contributed by atoms with van der Waals surface area (Å²) < 4.78 is 0. The van der Waals surface area contributed by atoms with Gasteiger partial charge in [-0.2, -0.15) is 0 Å². The highest BCUT2D eigenvalue weighted by Crippen LogP contribution is 2.36. The van der Waals surface area contributed by atoms with Crippen molar-refractivity contribution in [2.75, 3.05) is 4.90 Å². The number of hydrogen-bond donors (Lipinski definition) is 2. The zero-order valence-corrected chi connectivity index (χ0v) is 20.5. The van der Waals surface area contributed by atoms with E-state index in [4.69, 9.17) is 23.4 Å². The SMILES string of the molecule is [C-]#[N+]C(=Cc1ccc(N(c2ccc(C=C([N+]#[C-])C(=O)O)cc2)c2ccc(-c3ccccc3)cc2)cc1)C(=O)O. The molecule has 0 unspecified atom stereocenters. The highest BCUT2D eigenvalue weighted by Gasteiger charge is 2.14. The molecule has 0 aromatic heterocycles. The third kappa shape index (κ3) is 6.26. The van der Waals surface area contributed by atoms with E-state index in [2.05, 4.69) is 9.69 Å². The molecule has 7 heteroatoms. The third-order valence-corrected chi connectivity index (χ3v) is 5.82. The second-order valence-corrected chi connectivity index (χ2v) is 8.32. The van der Waals surface area contributed by atoms with Crippen molar-refractivity contribution in [3.63, 3.8) is 0 Å². The minimum atomic E-state index is -1.28. The van der Waals surface area contributed by atoms with Gasteiger partial charge in [0.15, 0.2) is 0 Å².